The number of nitrogens with zero attached hydrogens (tertiary/aromatic N) is 1. The zero-order chi connectivity index (χ0) is 19.6. The minimum atomic E-state index is -0.0655. The van der Waals surface area contributed by atoms with E-state index in [0.717, 1.165) is 50.5 Å². The monoisotopic (exact) mass is 384 g/mol. The van der Waals surface area contributed by atoms with Crippen molar-refractivity contribution in [3.63, 3.8) is 0 Å². The summed E-state index contributed by atoms with van der Waals surface area (Å²) in [4.78, 5) is 15.2. The molecule has 29 heavy (non-hydrogen) atoms. The van der Waals surface area contributed by atoms with E-state index >= 15 is 0 Å². The van der Waals surface area contributed by atoms with Crippen molar-refractivity contribution >= 4 is 11.6 Å². The van der Waals surface area contributed by atoms with E-state index in [4.69, 9.17) is 4.74 Å². The van der Waals surface area contributed by atoms with Crippen LogP contribution in [0.5, 0.6) is 0 Å². The first-order valence-electron chi connectivity index (χ1n) is 10.2. The lowest BCUT2D eigenvalue weighted by molar-refractivity contribution is 0.0342. The second kappa shape index (κ2) is 7.82. The van der Waals surface area contributed by atoms with Crippen molar-refractivity contribution in [2.24, 2.45) is 0 Å². The van der Waals surface area contributed by atoms with Crippen LogP contribution >= 0.6 is 0 Å². The third-order valence-electron chi connectivity index (χ3n) is 5.75. The van der Waals surface area contributed by atoms with Gasteiger partial charge in [0.2, 0.25) is 0 Å². The van der Waals surface area contributed by atoms with Crippen LogP contribution in [0.25, 0.3) is 11.1 Å². The molecule has 0 radical (unpaired) electrons. The van der Waals surface area contributed by atoms with E-state index < -0.39 is 0 Å². The summed E-state index contributed by atoms with van der Waals surface area (Å²) in [5, 5.41) is 3.07. The Bertz CT molecular complexity index is 1050. The number of benzene rings is 3. The van der Waals surface area contributed by atoms with Crippen LogP contribution in [0.2, 0.25) is 0 Å². The Hall–Kier alpha value is -2.95. The van der Waals surface area contributed by atoms with E-state index in [2.05, 4.69) is 52.7 Å². The average Bonchev–Trinajstić information content (AvgIpc) is 3.12. The molecule has 0 atom stereocenters. The van der Waals surface area contributed by atoms with Crippen molar-refractivity contribution in [2.45, 2.75) is 13.0 Å². The smallest absolute Gasteiger partial charge is 0.255 e. The molecule has 3 aromatic carbocycles. The van der Waals surface area contributed by atoms with E-state index in [-0.39, 0.29) is 5.91 Å². The number of rotatable bonds is 4. The molecule has 1 saturated heterocycles. The first kappa shape index (κ1) is 18.1. The lowest BCUT2D eigenvalue weighted by Gasteiger charge is -2.26. The van der Waals surface area contributed by atoms with Gasteiger partial charge in [0.05, 0.1) is 13.2 Å². The SMILES string of the molecule is O=C(Nc1ccc2c(c1)Cc1ccccc1-2)c1cccc(CN2CCOCC2)c1. The summed E-state index contributed by atoms with van der Waals surface area (Å²) in [5.41, 5.74) is 7.89. The molecule has 1 heterocycles. The van der Waals surface area contributed by atoms with Gasteiger partial charge in [-0.3, -0.25) is 9.69 Å². The van der Waals surface area contributed by atoms with Crippen LogP contribution in [0.4, 0.5) is 5.69 Å². The van der Waals surface area contributed by atoms with Gasteiger partial charge in [0.25, 0.3) is 5.91 Å². The third kappa shape index (κ3) is 3.82. The number of morpholine rings is 1. The fraction of sp³-hybridized carbons (Fsp3) is 0.240. The number of hydrogen-bond acceptors (Lipinski definition) is 3. The quantitative estimate of drug-likeness (QED) is 0.569. The molecule has 0 spiro atoms. The number of hydrogen-bond donors (Lipinski definition) is 1. The van der Waals surface area contributed by atoms with E-state index in [9.17, 15) is 4.79 Å². The van der Waals surface area contributed by atoms with Crippen molar-refractivity contribution in [3.05, 3.63) is 89.0 Å². The summed E-state index contributed by atoms with van der Waals surface area (Å²) in [6.45, 7) is 4.29. The highest BCUT2D eigenvalue weighted by Crippen LogP contribution is 2.37. The molecule has 1 aliphatic heterocycles. The van der Waals surface area contributed by atoms with E-state index in [1.54, 1.807) is 0 Å². The molecule has 0 aromatic heterocycles. The Morgan fingerprint density at radius 3 is 2.62 bits per heavy atom. The molecule has 1 fully saturated rings. The van der Waals surface area contributed by atoms with Crippen molar-refractivity contribution in [1.29, 1.82) is 0 Å². The maximum absolute atomic E-state index is 12.8. The van der Waals surface area contributed by atoms with Gasteiger partial charge in [-0.05, 0) is 58.5 Å². The van der Waals surface area contributed by atoms with Crippen LogP contribution in [-0.4, -0.2) is 37.1 Å². The lowest BCUT2D eigenvalue weighted by atomic mass is 10.1. The summed E-state index contributed by atoms with van der Waals surface area (Å²) in [7, 11) is 0. The van der Waals surface area contributed by atoms with Crippen LogP contribution in [-0.2, 0) is 17.7 Å². The molecule has 1 N–H and O–H groups in total. The highest BCUT2D eigenvalue weighted by Gasteiger charge is 2.18. The number of nitrogens with one attached hydrogen (secondary N) is 1. The van der Waals surface area contributed by atoms with Gasteiger partial charge in [0.15, 0.2) is 0 Å². The topological polar surface area (TPSA) is 41.6 Å². The molecule has 4 nitrogen and oxygen atoms in total. The van der Waals surface area contributed by atoms with Gasteiger partial charge in [-0.2, -0.15) is 0 Å². The summed E-state index contributed by atoms with van der Waals surface area (Å²) in [5.74, 6) is -0.0655. The van der Waals surface area contributed by atoms with Gasteiger partial charge in [0.1, 0.15) is 0 Å². The second-order valence-electron chi connectivity index (χ2n) is 7.75. The van der Waals surface area contributed by atoms with E-state index in [0.29, 0.717) is 5.56 Å². The molecule has 0 saturated carbocycles. The summed E-state index contributed by atoms with van der Waals surface area (Å²) >= 11 is 0. The average molecular weight is 384 g/mol. The standard InChI is InChI=1S/C25H24N2O2/c28-25(20-6-3-4-18(14-20)17-27-10-12-29-13-11-27)26-22-8-9-24-21(16-22)15-19-5-1-2-7-23(19)24/h1-9,14,16H,10-13,15,17H2,(H,26,28). The van der Waals surface area contributed by atoms with Gasteiger partial charge in [0, 0.05) is 30.9 Å². The lowest BCUT2D eigenvalue weighted by Crippen LogP contribution is -2.35. The summed E-state index contributed by atoms with van der Waals surface area (Å²) < 4.78 is 5.41. The Morgan fingerprint density at radius 2 is 1.72 bits per heavy atom. The Morgan fingerprint density at radius 1 is 0.897 bits per heavy atom. The van der Waals surface area contributed by atoms with Gasteiger partial charge < -0.3 is 10.1 Å². The number of fused-ring (bicyclic) bond motifs is 3. The van der Waals surface area contributed by atoms with Crippen molar-refractivity contribution in [3.8, 4) is 11.1 Å². The fourth-order valence-electron chi connectivity index (χ4n) is 4.25. The number of ether oxygens (including phenoxy) is 1. The van der Waals surface area contributed by atoms with Crippen molar-refractivity contribution in [1.82, 2.24) is 4.90 Å². The predicted octanol–water partition coefficient (Wildman–Crippen LogP) is 4.34. The minimum Gasteiger partial charge on any atom is -0.379 e. The highest BCUT2D eigenvalue weighted by atomic mass is 16.5. The first-order valence-corrected chi connectivity index (χ1v) is 10.2. The van der Waals surface area contributed by atoms with Crippen LogP contribution in [0.15, 0.2) is 66.7 Å². The van der Waals surface area contributed by atoms with Gasteiger partial charge >= 0.3 is 0 Å². The first-order chi connectivity index (χ1) is 14.3. The molecule has 2 aliphatic rings. The number of anilines is 1. The van der Waals surface area contributed by atoms with Crippen molar-refractivity contribution in [2.75, 3.05) is 31.6 Å². The van der Waals surface area contributed by atoms with E-state index in [1.807, 2.05) is 24.3 Å². The molecule has 4 heteroatoms. The Balaban J connectivity index is 1.30. The van der Waals surface area contributed by atoms with Gasteiger partial charge in [-0.25, -0.2) is 0 Å². The summed E-state index contributed by atoms with van der Waals surface area (Å²) in [6.07, 6.45) is 0.921. The molecule has 1 aliphatic carbocycles. The molecule has 0 unspecified atom stereocenters. The second-order valence-corrected chi connectivity index (χ2v) is 7.75. The molecule has 3 aromatic rings. The maximum Gasteiger partial charge on any atom is 0.255 e. The maximum atomic E-state index is 12.8. The van der Waals surface area contributed by atoms with Gasteiger partial charge in [-0.15, -0.1) is 0 Å². The van der Waals surface area contributed by atoms with E-state index in [1.165, 1.54) is 22.3 Å². The molecule has 1 amide bonds. The highest BCUT2D eigenvalue weighted by molar-refractivity contribution is 6.04. The van der Waals surface area contributed by atoms with Crippen LogP contribution in [0.1, 0.15) is 27.0 Å². The Kier molecular flexibility index (Phi) is 4.88. The number of carbonyl (C=O) groups is 1. The molecular formula is C25H24N2O2. The minimum absolute atomic E-state index is 0.0655. The van der Waals surface area contributed by atoms with Gasteiger partial charge in [-0.1, -0.05) is 42.5 Å². The fourth-order valence-corrected chi connectivity index (χ4v) is 4.25. The zero-order valence-electron chi connectivity index (χ0n) is 16.4. The molecule has 0 bridgehead atoms. The van der Waals surface area contributed by atoms with Crippen LogP contribution in [0.3, 0.4) is 0 Å². The number of carbonyl (C=O) groups excluding carboxylic acids is 1. The molecule has 5 rings (SSSR count). The molecule has 146 valence electrons. The summed E-state index contributed by atoms with van der Waals surface area (Å²) in [6, 6.07) is 22.6. The van der Waals surface area contributed by atoms with Crippen LogP contribution < -0.4 is 5.32 Å². The zero-order valence-corrected chi connectivity index (χ0v) is 16.4. The molecular weight excluding hydrogens is 360 g/mol. The van der Waals surface area contributed by atoms with Crippen molar-refractivity contribution < 1.29 is 9.53 Å². The Labute approximate surface area is 171 Å². The van der Waals surface area contributed by atoms with Crippen LogP contribution in [0, 0.1) is 0 Å². The third-order valence-corrected chi connectivity index (χ3v) is 5.75. The predicted molar refractivity (Wildman–Crippen MR) is 115 cm³/mol. The largest absolute Gasteiger partial charge is 0.379 e. The normalized spacial score (nSPS) is 15.6. The number of amides is 1.